The number of fused-ring (bicyclic) bond motifs is 1. The normalized spacial score (nSPS) is 10.9. The smallest absolute Gasteiger partial charge is 0.236 e. The Morgan fingerprint density at radius 1 is 1.18 bits per heavy atom. The molecule has 4 rings (SSSR count). The number of nitrogens with one attached hydrogen (secondary N) is 1. The van der Waals surface area contributed by atoms with Crippen molar-refractivity contribution in [3.8, 4) is 16.5 Å². The summed E-state index contributed by atoms with van der Waals surface area (Å²) in [5, 5.41) is 23.7. The molecule has 0 radical (unpaired) electrons. The highest BCUT2D eigenvalue weighted by atomic mass is 32.1. The number of rotatable bonds is 7. The zero-order valence-corrected chi connectivity index (χ0v) is 15.9. The molecule has 0 saturated carbocycles. The summed E-state index contributed by atoms with van der Waals surface area (Å²) < 4.78 is 1.83. The second-order valence-electron chi connectivity index (χ2n) is 6.22. The molecule has 1 aromatic carbocycles. The number of hydrogen-bond donors (Lipinski definition) is 2. The van der Waals surface area contributed by atoms with E-state index < -0.39 is 0 Å². The molecule has 28 heavy (non-hydrogen) atoms. The molecular weight excluding hydrogens is 372 g/mol. The highest BCUT2D eigenvalue weighted by molar-refractivity contribution is 7.13. The molecule has 0 aliphatic rings. The number of nitrogens with zero attached hydrogens (tertiary/aromatic N) is 5. The quantitative estimate of drug-likeness (QED) is 0.502. The van der Waals surface area contributed by atoms with Gasteiger partial charge in [-0.05, 0) is 29.0 Å². The predicted molar refractivity (Wildman–Crippen MR) is 109 cm³/mol. The van der Waals surface area contributed by atoms with Gasteiger partial charge in [0.15, 0.2) is 17.0 Å². The summed E-state index contributed by atoms with van der Waals surface area (Å²) in [6.07, 6.45) is 2.26. The van der Waals surface area contributed by atoms with Crippen molar-refractivity contribution < 1.29 is 5.11 Å². The summed E-state index contributed by atoms with van der Waals surface area (Å²) in [7, 11) is 0. The van der Waals surface area contributed by atoms with Crippen molar-refractivity contribution in [1.82, 2.24) is 19.5 Å². The minimum Gasteiger partial charge on any atom is -0.396 e. The molecule has 140 valence electrons. The van der Waals surface area contributed by atoms with E-state index in [0.717, 1.165) is 5.56 Å². The van der Waals surface area contributed by atoms with E-state index in [9.17, 15) is 5.26 Å². The van der Waals surface area contributed by atoms with Gasteiger partial charge in [0.1, 0.15) is 6.07 Å². The van der Waals surface area contributed by atoms with Crippen LogP contribution in [0, 0.1) is 11.3 Å². The Bertz CT molecular complexity index is 1110. The fraction of sp³-hybridized carbons (Fsp3) is 0.200. The molecule has 0 saturated heterocycles. The molecule has 0 unspecified atom stereocenters. The zero-order valence-electron chi connectivity index (χ0n) is 15.0. The first-order chi connectivity index (χ1) is 13.8. The Balaban J connectivity index is 1.56. The molecule has 7 nitrogen and oxygen atoms in total. The number of aromatic nitrogens is 4. The molecular formula is C20H18N6OS. The van der Waals surface area contributed by atoms with E-state index in [1.54, 1.807) is 17.7 Å². The lowest BCUT2D eigenvalue weighted by Crippen LogP contribution is -2.06. The van der Waals surface area contributed by atoms with E-state index in [2.05, 4.69) is 56.0 Å². The standard InChI is InChI=1S/C20H18N6OS/c21-11-17-24-19(18-20(25-17)26(13-23-18)8-2-9-27)22-12-14-4-6-15(7-5-14)16-3-1-10-28-16/h1,3-7,10,13,27H,2,8-9,12H2,(H,22,24,25). The number of imidazole rings is 1. The van der Waals surface area contributed by atoms with Crippen molar-refractivity contribution >= 4 is 28.3 Å². The third-order valence-electron chi connectivity index (χ3n) is 4.34. The van der Waals surface area contributed by atoms with E-state index in [-0.39, 0.29) is 12.4 Å². The van der Waals surface area contributed by atoms with Crippen molar-refractivity contribution in [3.05, 3.63) is 59.5 Å². The average molecular weight is 390 g/mol. The number of nitriles is 1. The summed E-state index contributed by atoms with van der Waals surface area (Å²) in [4.78, 5) is 14.2. The van der Waals surface area contributed by atoms with Gasteiger partial charge in [-0.1, -0.05) is 30.3 Å². The highest BCUT2D eigenvalue weighted by Gasteiger charge is 2.13. The van der Waals surface area contributed by atoms with Crippen LogP contribution in [0.1, 0.15) is 17.8 Å². The summed E-state index contributed by atoms with van der Waals surface area (Å²) in [5.74, 6) is 0.625. The van der Waals surface area contributed by atoms with Crippen LogP contribution in [-0.2, 0) is 13.1 Å². The van der Waals surface area contributed by atoms with E-state index in [4.69, 9.17) is 5.11 Å². The Morgan fingerprint density at radius 3 is 2.75 bits per heavy atom. The van der Waals surface area contributed by atoms with Crippen LogP contribution < -0.4 is 5.32 Å². The van der Waals surface area contributed by atoms with Gasteiger partial charge in [-0.25, -0.2) is 4.98 Å². The largest absolute Gasteiger partial charge is 0.396 e. The van der Waals surface area contributed by atoms with Crippen molar-refractivity contribution in [3.63, 3.8) is 0 Å². The molecule has 0 spiro atoms. The first-order valence-electron chi connectivity index (χ1n) is 8.89. The SMILES string of the molecule is N#Cc1nc(NCc2ccc(-c3cccs3)cc2)c2ncn(CCCO)c2n1. The van der Waals surface area contributed by atoms with Crippen LogP contribution in [-0.4, -0.2) is 31.2 Å². The van der Waals surface area contributed by atoms with Crippen LogP contribution in [0.25, 0.3) is 21.6 Å². The maximum absolute atomic E-state index is 9.26. The number of aliphatic hydroxyl groups is 1. The van der Waals surface area contributed by atoms with Crippen molar-refractivity contribution in [2.45, 2.75) is 19.5 Å². The Labute approximate surface area is 166 Å². The lowest BCUT2D eigenvalue weighted by molar-refractivity contribution is 0.280. The third-order valence-corrected chi connectivity index (χ3v) is 5.26. The van der Waals surface area contributed by atoms with Crippen LogP contribution in [0.3, 0.4) is 0 Å². The van der Waals surface area contributed by atoms with E-state index in [1.807, 2.05) is 16.7 Å². The van der Waals surface area contributed by atoms with E-state index >= 15 is 0 Å². The number of aryl methyl sites for hydroxylation is 1. The number of hydrogen-bond acceptors (Lipinski definition) is 7. The van der Waals surface area contributed by atoms with Gasteiger partial charge in [0.05, 0.1) is 6.33 Å². The molecule has 0 atom stereocenters. The molecule has 3 aromatic heterocycles. The predicted octanol–water partition coefficient (Wildman–Crippen LogP) is 3.42. The van der Waals surface area contributed by atoms with Gasteiger partial charge in [0, 0.05) is 24.6 Å². The molecule has 0 amide bonds. The van der Waals surface area contributed by atoms with Crippen LogP contribution in [0.2, 0.25) is 0 Å². The molecule has 8 heteroatoms. The number of aliphatic hydroxyl groups excluding tert-OH is 1. The van der Waals surface area contributed by atoms with Gasteiger partial charge in [0.25, 0.3) is 0 Å². The number of thiophene rings is 1. The van der Waals surface area contributed by atoms with Crippen molar-refractivity contribution in [2.24, 2.45) is 0 Å². The van der Waals surface area contributed by atoms with Crippen molar-refractivity contribution in [1.29, 1.82) is 5.26 Å². The summed E-state index contributed by atoms with van der Waals surface area (Å²) in [6.45, 7) is 1.23. The molecule has 0 bridgehead atoms. The molecule has 2 N–H and O–H groups in total. The minimum absolute atomic E-state index is 0.0858. The fourth-order valence-electron chi connectivity index (χ4n) is 2.94. The maximum atomic E-state index is 9.26. The molecule has 0 fully saturated rings. The third kappa shape index (κ3) is 3.71. The second kappa shape index (κ2) is 8.17. The van der Waals surface area contributed by atoms with Crippen LogP contribution in [0.15, 0.2) is 48.1 Å². The van der Waals surface area contributed by atoms with Crippen molar-refractivity contribution in [2.75, 3.05) is 11.9 Å². The fourth-order valence-corrected chi connectivity index (χ4v) is 3.67. The van der Waals surface area contributed by atoms with Gasteiger partial charge in [-0.15, -0.1) is 11.3 Å². The van der Waals surface area contributed by atoms with Gasteiger partial charge >= 0.3 is 0 Å². The summed E-state index contributed by atoms with van der Waals surface area (Å²) >= 11 is 1.72. The summed E-state index contributed by atoms with van der Waals surface area (Å²) in [6, 6.07) is 14.5. The van der Waals surface area contributed by atoms with Gasteiger partial charge < -0.3 is 15.0 Å². The van der Waals surface area contributed by atoms with E-state index in [0.29, 0.717) is 36.5 Å². The molecule has 0 aliphatic heterocycles. The van der Waals surface area contributed by atoms with Gasteiger partial charge in [-0.3, -0.25) is 0 Å². The molecule has 3 heterocycles. The maximum Gasteiger partial charge on any atom is 0.236 e. The van der Waals surface area contributed by atoms with Crippen LogP contribution >= 0.6 is 11.3 Å². The van der Waals surface area contributed by atoms with Crippen LogP contribution in [0.4, 0.5) is 5.82 Å². The van der Waals surface area contributed by atoms with E-state index in [1.165, 1.54) is 10.4 Å². The van der Waals surface area contributed by atoms with Gasteiger partial charge in [-0.2, -0.15) is 15.2 Å². The molecule has 4 aromatic rings. The lowest BCUT2D eigenvalue weighted by Gasteiger charge is -2.08. The topological polar surface area (TPSA) is 99.7 Å². The van der Waals surface area contributed by atoms with Crippen LogP contribution in [0.5, 0.6) is 0 Å². The first kappa shape index (κ1) is 18.1. The number of anilines is 1. The zero-order chi connectivity index (χ0) is 19.3. The monoisotopic (exact) mass is 390 g/mol. The first-order valence-corrected chi connectivity index (χ1v) is 9.77. The van der Waals surface area contributed by atoms with Gasteiger partial charge in [0.2, 0.25) is 5.82 Å². The minimum atomic E-state index is 0.0858. The average Bonchev–Trinajstić information content (AvgIpc) is 3.41. The highest BCUT2D eigenvalue weighted by Crippen LogP contribution is 2.25. The Morgan fingerprint density at radius 2 is 2.04 bits per heavy atom. The Hall–Kier alpha value is -3.28. The number of benzene rings is 1. The second-order valence-corrected chi connectivity index (χ2v) is 7.17. The lowest BCUT2D eigenvalue weighted by atomic mass is 10.1. The summed E-state index contributed by atoms with van der Waals surface area (Å²) in [5.41, 5.74) is 3.51. The molecule has 0 aliphatic carbocycles. The Kier molecular flexibility index (Phi) is 5.28.